The number of hydrogen-bond donors (Lipinski definition) is 2. The predicted molar refractivity (Wildman–Crippen MR) is 100 cm³/mol. The van der Waals surface area contributed by atoms with E-state index in [1.807, 2.05) is 0 Å². The number of benzene rings is 1. The second-order valence-corrected chi connectivity index (χ2v) is 7.48. The summed E-state index contributed by atoms with van der Waals surface area (Å²) >= 11 is 0. The van der Waals surface area contributed by atoms with Crippen molar-refractivity contribution in [2.45, 2.75) is 38.1 Å². The number of carboxylic acid groups (broad SMARTS) is 1. The monoisotopic (exact) mass is 391 g/mol. The fourth-order valence-electron chi connectivity index (χ4n) is 3.88. The summed E-state index contributed by atoms with van der Waals surface area (Å²) in [5.41, 5.74) is 0.313. The standard InChI is InChI=1S/C20H26FN3O4/c21-16-4-1-3-15(13-16)18(25)23-9-2-10-24(12-11-23)20(28)22-17-7-5-14(6-8-17)19(26)27/h1,3-4,13-14,17H,2,5-12H2,(H,22,28)(H,26,27). The first-order valence-electron chi connectivity index (χ1n) is 9.77. The molecule has 1 aliphatic carbocycles. The topological polar surface area (TPSA) is 89.9 Å². The molecule has 28 heavy (non-hydrogen) atoms. The number of nitrogens with zero attached hydrogens (tertiary/aromatic N) is 2. The first-order valence-corrected chi connectivity index (χ1v) is 9.77. The molecule has 2 aliphatic rings. The minimum absolute atomic E-state index is 0.00335. The van der Waals surface area contributed by atoms with Gasteiger partial charge in [-0.15, -0.1) is 0 Å². The SMILES string of the molecule is O=C(O)C1CCC(NC(=O)N2CCCN(C(=O)c3cccc(F)c3)CC2)CC1. The lowest BCUT2D eigenvalue weighted by Gasteiger charge is -2.29. The van der Waals surface area contributed by atoms with Crippen LogP contribution in [0.2, 0.25) is 0 Å². The van der Waals surface area contributed by atoms with Crippen LogP contribution in [-0.4, -0.2) is 65.0 Å². The highest BCUT2D eigenvalue weighted by Gasteiger charge is 2.29. The van der Waals surface area contributed by atoms with Crippen molar-refractivity contribution < 1.29 is 23.9 Å². The Morgan fingerprint density at radius 3 is 2.36 bits per heavy atom. The number of urea groups is 1. The van der Waals surface area contributed by atoms with Crippen LogP contribution in [0.3, 0.4) is 0 Å². The van der Waals surface area contributed by atoms with Crippen LogP contribution in [-0.2, 0) is 4.79 Å². The molecule has 1 aliphatic heterocycles. The van der Waals surface area contributed by atoms with Crippen LogP contribution in [0.5, 0.6) is 0 Å². The molecular formula is C20H26FN3O4. The highest BCUT2D eigenvalue weighted by Crippen LogP contribution is 2.24. The van der Waals surface area contributed by atoms with Crippen molar-refractivity contribution in [3.8, 4) is 0 Å². The van der Waals surface area contributed by atoms with Crippen LogP contribution in [0.1, 0.15) is 42.5 Å². The first-order chi connectivity index (χ1) is 13.4. The summed E-state index contributed by atoms with van der Waals surface area (Å²) in [5.74, 6) is -1.75. The third-order valence-corrected chi connectivity index (χ3v) is 5.55. The molecule has 2 N–H and O–H groups in total. The average Bonchev–Trinajstić information content (AvgIpc) is 2.94. The van der Waals surface area contributed by atoms with Gasteiger partial charge in [0.1, 0.15) is 5.82 Å². The molecule has 0 atom stereocenters. The van der Waals surface area contributed by atoms with Gasteiger partial charge < -0.3 is 20.2 Å². The van der Waals surface area contributed by atoms with Gasteiger partial charge in [-0.3, -0.25) is 9.59 Å². The van der Waals surface area contributed by atoms with Gasteiger partial charge in [0.25, 0.3) is 5.91 Å². The van der Waals surface area contributed by atoms with E-state index in [0.717, 1.165) is 0 Å². The smallest absolute Gasteiger partial charge is 0.317 e. The zero-order valence-electron chi connectivity index (χ0n) is 15.8. The molecule has 3 amide bonds. The number of aliphatic carboxylic acids is 1. The molecule has 0 radical (unpaired) electrons. The van der Waals surface area contributed by atoms with Gasteiger partial charge in [0, 0.05) is 37.8 Å². The van der Waals surface area contributed by atoms with Gasteiger partial charge in [0.2, 0.25) is 0 Å². The number of rotatable bonds is 3. The van der Waals surface area contributed by atoms with Crippen LogP contribution in [0.15, 0.2) is 24.3 Å². The molecule has 3 rings (SSSR count). The minimum Gasteiger partial charge on any atom is -0.481 e. The van der Waals surface area contributed by atoms with Crippen molar-refractivity contribution in [2.75, 3.05) is 26.2 Å². The molecule has 1 heterocycles. The first kappa shape index (κ1) is 20.1. The quantitative estimate of drug-likeness (QED) is 0.828. The Kier molecular flexibility index (Phi) is 6.49. The Hall–Kier alpha value is -2.64. The summed E-state index contributed by atoms with van der Waals surface area (Å²) in [4.78, 5) is 39.5. The van der Waals surface area contributed by atoms with E-state index in [-0.39, 0.29) is 23.9 Å². The molecule has 1 saturated carbocycles. The largest absolute Gasteiger partial charge is 0.481 e. The maximum atomic E-state index is 13.4. The highest BCUT2D eigenvalue weighted by molar-refractivity contribution is 5.94. The lowest BCUT2D eigenvalue weighted by atomic mass is 9.86. The van der Waals surface area contributed by atoms with Gasteiger partial charge >= 0.3 is 12.0 Å². The normalized spacial score (nSPS) is 23.0. The van der Waals surface area contributed by atoms with E-state index in [4.69, 9.17) is 5.11 Å². The van der Waals surface area contributed by atoms with E-state index in [1.165, 1.54) is 18.2 Å². The molecule has 0 spiro atoms. The number of nitrogens with one attached hydrogen (secondary N) is 1. The second-order valence-electron chi connectivity index (χ2n) is 7.48. The summed E-state index contributed by atoms with van der Waals surface area (Å²) in [6.45, 7) is 1.87. The van der Waals surface area contributed by atoms with Crippen molar-refractivity contribution in [1.82, 2.24) is 15.1 Å². The number of carboxylic acids is 1. The summed E-state index contributed by atoms with van der Waals surface area (Å²) in [5, 5.41) is 12.1. The van der Waals surface area contributed by atoms with E-state index in [2.05, 4.69) is 5.32 Å². The number of hydrogen-bond acceptors (Lipinski definition) is 3. The summed E-state index contributed by atoms with van der Waals surface area (Å²) in [6, 6.07) is 5.46. The second kappa shape index (κ2) is 9.03. The zero-order chi connectivity index (χ0) is 20.1. The van der Waals surface area contributed by atoms with Crippen molar-refractivity contribution in [2.24, 2.45) is 5.92 Å². The summed E-state index contributed by atoms with van der Waals surface area (Å²) in [7, 11) is 0. The fraction of sp³-hybridized carbons (Fsp3) is 0.550. The van der Waals surface area contributed by atoms with Gasteiger partial charge in [0.05, 0.1) is 5.92 Å². The lowest BCUT2D eigenvalue weighted by molar-refractivity contribution is -0.142. The fourth-order valence-corrected chi connectivity index (χ4v) is 3.88. The van der Waals surface area contributed by atoms with Crippen LogP contribution in [0.25, 0.3) is 0 Å². The molecule has 8 heteroatoms. The van der Waals surface area contributed by atoms with Gasteiger partial charge in [-0.25, -0.2) is 9.18 Å². The number of carbonyl (C=O) groups is 3. The van der Waals surface area contributed by atoms with Crippen molar-refractivity contribution in [3.63, 3.8) is 0 Å². The molecule has 1 saturated heterocycles. The molecule has 0 unspecified atom stereocenters. The Bertz CT molecular complexity index is 734. The molecule has 1 aromatic carbocycles. The van der Waals surface area contributed by atoms with Gasteiger partial charge in [-0.2, -0.15) is 0 Å². The van der Waals surface area contributed by atoms with E-state index in [0.29, 0.717) is 63.8 Å². The Balaban J connectivity index is 1.50. The zero-order valence-corrected chi connectivity index (χ0v) is 15.8. The molecular weight excluding hydrogens is 365 g/mol. The van der Waals surface area contributed by atoms with Crippen molar-refractivity contribution >= 4 is 17.9 Å². The maximum Gasteiger partial charge on any atom is 0.317 e. The number of carbonyl (C=O) groups excluding carboxylic acids is 2. The number of amides is 3. The molecule has 0 bridgehead atoms. The average molecular weight is 391 g/mol. The highest BCUT2D eigenvalue weighted by atomic mass is 19.1. The molecule has 152 valence electrons. The lowest BCUT2D eigenvalue weighted by Crippen LogP contribution is -2.47. The molecule has 0 aromatic heterocycles. The van der Waals surface area contributed by atoms with E-state index in [9.17, 15) is 18.8 Å². The Morgan fingerprint density at radius 2 is 1.68 bits per heavy atom. The van der Waals surface area contributed by atoms with E-state index >= 15 is 0 Å². The summed E-state index contributed by atoms with van der Waals surface area (Å²) in [6.07, 6.45) is 3.15. The van der Waals surface area contributed by atoms with Crippen LogP contribution >= 0.6 is 0 Å². The van der Waals surface area contributed by atoms with Crippen molar-refractivity contribution in [3.05, 3.63) is 35.6 Å². The Labute approximate surface area is 163 Å². The maximum absolute atomic E-state index is 13.4. The molecule has 7 nitrogen and oxygen atoms in total. The van der Waals surface area contributed by atoms with E-state index in [1.54, 1.807) is 15.9 Å². The molecule has 1 aromatic rings. The third kappa shape index (κ3) is 4.99. The van der Waals surface area contributed by atoms with Gasteiger partial charge in [-0.1, -0.05) is 6.07 Å². The predicted octanol–water partition coefficient (Wildman–Crippen LogP) is 2.33. The summed E-state index contributed by atoms with van der Waals surface area (Å²) < 4.78 is 13.4. The third-order valence-electron chi connectivity index (χ3n) is 5.55. The number of halogens is 1. The van der Waals surface area contributed by atoms with Crippen LogP contribution in [0.4, 0.5) is 9.18 Å². The Morgan fingerprint density at radius 1 is 1.00 bits per heavy atom. The van der Waals surface area contributed by atoms with Crippen LogP contribution < -0.4 is 5.32 Å². The van der Waals surface area contributed by atoms with Gasteiger partial charge in [0.15, 0.2) is 0 Å². The molecule has 2 fully saturated rings. The van der Waals surface area contributed by atoms with E-state index < -0.39 is 11.8 Å². The van der Waals surface area contributed by atoms with Gasteiger partial charge in [-0.05, 0) is 50.3 Å². The van der Waals surface area contributed by atoms with Crippen molar-refractivity contribution in [1.29, 1.82) is 0 Å². The van der Waals surface area contributed by atoms with Crippen LogP contribution in [0, 0.1) is 11.7 Å². The minimum atomic E-state index is -0.764.